The minimum Gasteiger partial charge on any atom is -0.378 e. The highest BCUT2D eigenvalue weighted by molar-refractivity contribution is 9.10. The van der Waals surface area contributed by atoms with Crippen LogP contribution in [0.25, 0.3) is 0 Å². The Morgan fingerprint density at radius 1 is 1.50 bits per heavy atom. The Balaban J connectivity index is 1.81. The van der Waals surface area contributed by atoms with Crippen molar-refractivity contribution in [3.8, 4) is 0 Å². The van der Waals surface area contributed by atoms with Gasteiger partial charge >= 0.3 is 0 Å². The molecule has 2 rings (SSSR count). The number of benzene rings is 1. The number of nitrogens with one attached hydrogen (secondary N) is 1. The molecule has 0 radical (unpaired) electrons. The van der Waals surface area contributed by atoms with Crippen molar-refractivity contribution in [3.63, 3.8) is 0 Å². The average molecular weight is 316 g/mol. The molecule has 100 valence electrons. The SMILES string of the molecule is CCC1OCCC1CNCc1ccc(F)cc1Br. The zero-order valence-electron chi connectivity index (χ0n) is 10.6. The summed E-state index contributed by atoms with van der Waals surface area (Å²) in [4.78, 5) is 0. The summed E-state index contributed by atoms with van der Waals surface area (Å²) in [6.07, 6.45) is 2.61. The summed E-state index contributed by atoms with van der Waals surface area (Å²) in [5.41, 5.74) is 1.09. The molecule has 0 spiro atoms. The maximum atomic E-state index is 12.9. The first-order valence-corrected chi connectivity index (χ1v) is 7.26. The zero-order valence-corrected chi connectivity index (χ0v) is 12.2. The van der Waals surface area contributed by atoms with E-state index in [0.29, 0.717) is 12.0 Å². The molecule has 0 amide bonds. The van der Waals surface area contributed by atoms with Crippen molar-refractivity contribution < 1.29 is 9.13 Å². The van der Waals surface area contributed by atoms with Crippen molar-refractivity contribution in [2.45, 2.75) is 32.4 Å². The average Bonchev–Trinajstić information content (AvgIpc) is 2.79. The van der Waals surface area contributed by atoms with Gasteiger partial charge < -0.3 is 10.1 Å². The maximum Gasteiger partial charge on any atom is 0.124 e. The Labute approximate surface area is 116 Å². The van der Waals surface area contributed by atoms with Gasteiger partial charge in [-0.3, -0.25) is 0 Å². The Kier molecular flexibility index (Phi) is 5.15. The first-order chi connectivity index (χ1) is 8.70. The fourth-order valence-corrected chi connectivity index (χ4v) is 2.93. The molecule has 0 saturated carbocycles. The standard InChI is InChI=1S/C14H19BrFNO/c1-2-14-11(5-6-18-14)9-17-8-10-3-4-12(16)7-13(10)15/h3-4,7,11,14,17H,2,5-6,8-9H2,1H3. The lowest BCUT2D eigenvalue weighted by Crippen LogP contribution is -2.28. The van der Waals surface area contributed by atoms with Crippen LogP contribution in [0.2, 0.25) is 0 Å². The topological polar surface area (TPSA) is 21.3 Å². The monoisotopic (exact) mass is 315 g/mol. The third-order valence-corrected chi connectivity index (χ3v) is 4.22. The third kappa shape index (κ3) is 3.53. The number of hydrogen-bond acceptors (Lipinski definition) is 2. The van der Waals surface area contributed by atoms with E-state index in [9.17, 15) is 4.39 Å². The molecule has 0 bridgehead atoms. The van der Waals surface area contributed by atoms with Crippen LogP contribution in [0.5, 0.6) is 0 Å². The predicted octanol–water partition coefficient (Wildman–Crippen LogP) is 3.49. The molecule has 18 heavy (non-hydrogen) atoms. The molecule has 2 unspecified atom stereocenters. The van der Waals surface area contributed by atoms with E-state index >= 15 is 0 Å². The Bertz CT molecular complexity index is 399. The lowest BCUT2D eigenvalue weighted by molar-refractivity contribution is 0.0872. The first kappa shape index (κ1) is 14.0. The van der Waals surface area contributed by atoms with E-state index in [1.165, 1.54) is 12.1 Å². The predicted molar refractivity (Wildman–Crippen MR) is 73.9 cm³/mol. The van der Waals surface area contributed by atoms with Crippen LogP contribution < -0.4 is 5.32 Å². The second-order valence-electron chi connectivity index (χ2n) is 4.73. The fraction of sp³-hybridized carbons (Fsp3) is 0.571. The van der Waals surface area contributed by atoms with Crippen LogP contribution in [0.4, 0.5) is 4.39 Å². The zero-order chi connectivity index (χ0) is 13.0. The van der Waals surface area contributed by atoms with E-state index in [4.69, 9.17) is 4.74 Å². The van der Waals surface area contributed by atoms with Crippen molar-refractivity contribution in [2.75, 3.05) is 13.2 Å². The van der Waals surface area contributed by atoms with Crippen molar-refractivity contribution in [1.82, 2.24) is 5.32 Å². The summed E-state index contributed by atoms with van der Waals surface area (Å²) in [5, 5.41) is 3.44. The summed E-state index contributed by atoms with van der Waals surface area (Å²) >= 11 is 3.38. The molecule has 1 aliphatic rings. The van der Waals surface area contributed by atoms with Crippen LogP contribution >= 0.6 is 15.9 Å². The fourth-order valence-electron chi connectivity index (χ4n) is 2.43. The van der Waals surface area contributed by atoms with Gasteiger partial charge in [-0.25, -0.2) is 4.39 Å². The Morgan fingerprint density at radius 2 is 2.33 bits per heavy atom. The van der Waals surface area contributed by atoms with Crippen molar-refractivity contribution in [3.05, 3.63) is 34.1 Å². The molecule has 1 aromatic rings. The Hall–Kier alpha value is -0.450. The molecule has 2 atom stereocenters. The number of ether oxygens (including phenoxy) is 1. The highest BCUT2D eigenvalue weighted by atomic mass is 79.9. The molecular formula is C14H19BrFNO. The number of hydrogen-bond donors (Lipinski definition) is 1. The lowest BCUT2D eigenvalue weighted by atomic mass is 9.99. The first-order valence-electron chi connectivity index (χ1n) is 6.47. The lowest BCUT2D eigenvalue weighted by Gasteiger charge is -2.17. The molecule has 4 heteroatoms. The van der Waals surface area contributed by atoms with E-state index in [2.05, 4.69) is 28.2 Å². The van der Waals surface area contributed by atoms with Gasteiger partial charge in [0, 0.05) is 24.2 Å². The van der Waals surface area contributed by atoms with Crippen LogP contribution in [-0.2, 0) is 11.3 Å². The van der Waals surface area contributed by atoms with Gasteiger partial charge in [0.25, 0.3) is 0 Å². The van der Waals surface area contributed by atoms with Gasteiger partial charge in [0.05, 0.1) is 6.10 Å². The van der Waals surface area contributed by atoms with E-state index in [1.807, 2.05) is 6.07 Å². The van der Waals surface area contributed by atoms with E-state index in [1.54, 1.807) is 0 Å². The van der Waals surface area contributed by atoms with Gasteiger partial charge in [-0.15, -0.1) is 0 Å². The molecule has 1 heterocycles. The molecule has 1 fully saturated rings. The highest BCUT2D eigenvalue weighted by Gasteiger charge is 2.25. The van der Waals surface area contributed by atoms with Gasteiger partial charge in [-0.05, 0) is 36.5 Å². The number of rotatable bonds is 5. The third-order valence-electron chi connectivity index (χ3n) is 3.49. The molecular weight excluding hydrogens is 297 g/mol. The largest absolute Gasteiger partial charge is 0.378 e. The van der Waals surface area contributed by atoms with Crippen LogP contribution in [0.1, 0.15) is 25.3 Å². The smallest absolute Gasteiger partial charge is 0.124 e. The molecule has 1 saturated heterocycles. The summed E-state index contributed by atoms with van der Waals surface area (Å²) in [5.74, 6) is 0.398. The van der Waals surface area contributed by atoms with Crippen LogP contribution in [0.15, 0.2) is 22.7 Å². The minimum absolute atomic E-state index is 0.208. The molecule has 1 aliphatic heterocycles. The van der Waals surface area contributed by atoms with Gasteiger partial charge in [-0.1, -0.05) is 28.9 Å². The second-order valence-corrected chi connectivity index (χ2v) is 5.59. The van der Waals surface area contributed by atoms with Crippen LogP contribution in [0, 0.1) is 11.7 Å². The second kappa shape index (κ2) is 6.64. The van der Waals surface area contributed by atoms with Gasteiger partial charge in [0.1, 0.15) is 5.82 Å². The summed E-state index contributed by atoms with van der Waals surface area (Å²) in [6, 6.07) is 4.81. The van der Waals surface area contributed by atoms with Crippen molar-refractivity contribution >= 4 is 15.9 Å². The van der Waals surface area contributed by atoms with Crippen LogP contribution in [-0.4, -0.2) is 19.3 Å². The molecule has 0 aliphatic carbocycles. The van der Waals surface area contributed by atoms with E-state index < -0.39 is 0 Å². The van der Waals surface area contributed by atoms with E-state index in [-0.39, 0.29) is 5.82 Å². The van der Waals surface area contributed by atoms with Gasteiger partial charge in [-0.2, -0.15) is 0 Å². The van der Waals surface area contributed by atoms with Gasteiger partial charge in [0.15, 0.2) is 0 Å². The molecule has 1 N–H and O–H groups in total. The van der Waals surface area contributed by atoms with Crippen molar-refractivity contribution in [2.24, 2.45) is 5.92 Å². The maximum absolute atomic E-state index is 12.9. The van der Waals surface area contributed by atoms with Crippen LogP contribution in [0.3, 0.4) is 0 Å². The Morgan fingerprint density at radius 3 is 3.06 bits per heavy atom. The normalized spacial score (nSPS) is 23.5. The van der Waals surface area contributed by atoms with E-state index in [0.717, 1.165) is 42.6 Å². The van der Waals surface area contributed by atoms with Gasteiger partial charge in [0.2, 0.25) is 0 Å². The molecule has 0 aromatic heterocycles. The summed E-state index contributed by atoms with van der Waals surface area (Å²) in [6.45, 7) is 4.76. The minimum atomic E-state index is -0.208. The number of halogens is 2. The highest BCUT2D eigenvalue weighted by Crippen LogP contribution is 2.23. The molecule has 1 aromatic carbocycles. The quantitative estimate of drug-likeness (QED) is 0.898. The van der Waals surface area contributed by atoms with Crippen molar-refractivity contribution in [1.29, 1.82) is 0 Å². The molecule has 2 nitrogen and oxygen atoms in total. The summed E-state index contributed by atoms with van der Waals surface area (Å²) in [7, 11) is 0. The summed E-state index contributed by atoms with van der Waals surface area (Å²) < 4.78 is 19.4.